The van der Waals surface area contributed by atoms with Crippen LogP contribution in [-0.2, 0) is 57.2 Å². The van der Waals surface area contributed by atoms with Gasteiger partial charge in [0.25, 0.3) is 0 Å². The highest BCUT2D eigenvalue weighted by atomic mass is 32.2. The van der Waals surface area contributed by atoms with E-state index in [2.05, 4.69) is 0 Å². The van der Waals surface area contributed by atoms with E-state index >= 15 is 0 Å². The lowest BCUT2D eigenvalue weighted by atomic mass is 9.94. The molecule has 0 spiro atoms. The molecule has 0 radical (unpaired) electrons. The largest absolute Gasteiger partial charge is 0.374 e. The molecule has 9 heteroatoms. The van der Waals surface area contributed by atoms with Crippen LogP contribution < -0.4 is 0 Å². The molecule has 0 bridgehead atoms. The van der Waals surface area contributed by atoms with Gasteiger partial charge in [-0.25, -0.2) is 0 Å². The molecule has 8 atom stereocenters. The highest BCUT2D eigenvalue weighted by molar-refractivity contribution is 7.85. The van der Waals surface area contributed by atoms with Gasteiger partial charge in [-0.05, 0) is 37.1 Å². The number of hydrogen-bond acceptors (Lipinski definition) is 8. The van der Waals surface area contributed by atoms with E-state index in [-0.39, 0.29) is 13.2 Å². The summed E-state index contributed by atoms with van der Waals surface area (Å²) in [7, 11) is 1.49. The fraction of sp³-hybridized carbons (Fsp3) is 0.438. The normalized spacial score (nSPS) is 32.2. The van der Waals surface area contributed by atoms with Gasteiger partial charge in [-0.15, -0.1) is 0 Å². The summed E-state index contributed by atoms with van der Waals surface area (Å²) in [5.41, 5.74) is 1.13. The molecule has 0 aliphatic carbocycles. The molecule has 8 nitrogen and oxygen atoms in total. The van der Waals surface area contributed by atoms with Crippen molar-refractivity contribution in [3.63, 3.8) is 0 Å². The van der Waals surface area contributed by atoms with Crippen LogP contribution in [0.15, 0.2) is 95.9 Å². The Morgan fingerprint density at radius 1 is 0.732 bits per heavy atom. The molecule has 2 heterocycles. The maximum absolute atomic E-state index is 14.1. The second-order valence-electron chi connectivity index (χ2n) is 10.4. The molecule has 0 aromatic heterocycles. The van der Waals surface area contributed by atoms with Gasteiger partial charge in [0.2, 0.25) is 11.6 Å². The number of fused-ring (bicyclic) bond motifs is 1. The van der Waals surface area contributed by atoms with Crippen molar-refractivity contribution in [1.82, 2.24) is 0 Å². The summed E-state index contributed by atoms with van der Waals surface area (Å²) in [6, 6.07) is 28.9. The lowest BCUT2D eigenvalue weighted by molar-refractivity contribution is -0.471. The maximum atomic E-state index is 14.1. The fourth-order valence-electron chi connectivity index (χ4n) is 5.16. The van der Waals surface area contributed by atoms with Crippen molar-refractivity contribution in [2.45, 2.75) is 73.4 Å². The number of ether oxygens (including phenoxy) is 7. The van der Waals surface area contributed by atoms with Gasteiger partial charge >= 0.3 is 0 Å². The van der Waals surface area contributed by atoms with Crippen LogP contribution in [0.4, 0.5) is 0 Å². The molecule has 2 saturated heterocycles. The topological polar surface area (TPSA) is 81.7 Å². The number of hydrogen-bond donors (Lipinski definition) is 0. The van der Waals surface area contributed by atoms with Gasteiger partial charge in [0.05, 0.1) is 30.6 Å². The summed E-state index contributed by atoms with van der Waals surface area (Å²) < 4.78 is 58.2. The Morgan fingerprint density at radius 3 is 1.80 bits per heavy atom. The van der Waals surface area contributed by atoms with E-state index in [1.54, 1.807) is 28.1 Å². The monoisotopic (exact) mass is 582 g/mol. The number of rotatable bonds is 11. The third-order valence-electron chi connectivity index (χ3n) is 7.78. The van der Waals surface area contributed by atoms with E-state index in [4.69, 9.17) is 33.2 Å². The van der Waals surface area contributed by atoms with Gasteiger partial charge in [0, 0.05) is 19.1 Å². The molecule has 0 unspecified atom stereocenters. The lowest BCUT2D eigenvalue weighted by Crippen LogP contribution is -2.73. The second kappa shape index (κ2) is 13.2. The van der Waals surface area contributed by atoms with Crippen molar-refractivity contribution in [2.24, 2.45) is 0 Å². The van der Waals surface area contributed by atoms with E-state index in [1.165, 1.54) is 0 Å². The maximum Gasteiger partial charge on any atom is 0.220 e. The first-order valence-electron chi connectivity index (χ1n) is 13.7. The van der Waals surface area contributed by atoms with Crippen LogP contribution in [0, 0.1) is 0 Å². The lowest BCUT2D eigenvalue weighted by Gasteiger charge is -2.57. The highest BCUT2D eigenvalue weighted by Crippen LogP contribution is 2.45. The molecule has 5 rings (SSSR count). The molecular weight excluding hydrogens is 544 g/mol. The highest BCUT2D eigenvalue weighted by Gasteiger charge is 2.63. The summed E-state index contributed by atoms with van der Waals surface area (Å²) >= 11 is 0. The SMILES string of the molecule is CO[C@@]1(C)O[C@H]2[C@H](O[C@]1(C)OC)[C@@H](COCc1ccccc1)O[C@H]([S@@](=O)c1ccccc1)[C@H]2OCc1ccccc1. The van der Waals surface area contributed by atoms with E-state index in [0.717, 1.165) is 11.1 Å². The van der Waals surface area contributed by atoms with Crippen molar-refractivity contribution < 1.29 is 37.4 Å². The first kappa shape index (κ1) is 30.0. The van der Waals surface area contributed by atoms with E-state index in [9.17, 15) is 4.21 Å². The summed E-state index contributed by atoms with van der Waals surface area (Å²) in [4.78, 5) is 0.626. The van der Waals surface area contributed by atoms with Crippen LogP contribution in [0.1, 0.15) is 25.0 Å². The Balaban J connectivity index is 1.48. The standard InChI is InChI=1S/C32H38O8S/c1-31(34-3)32(2,35-4)40-28-27(39-31)26(22-36-20-23-14-8-5-9-15-23)38-30(41(33)25-18-12-7-13-19-25)29(28)37-21-24-16-10-6-11-17-24/h5-19,26-30H,20-22H2,1-4H3/t26-,27-,28+,29+,30-,31+,32+,41+/m1/s1. The minimum atomic E-state index is -1.59. The third kappa shape index (κ3) is 6.48. The Kier molecular flexibility index (Phi) is 9.68. The zero-order valence-electron chi connectivity index (χ0n) is 23.8. The Morgan fingerprint density at radius 2 is 1.24 bits per heavy atom. The minimum absolute atomic E-state index is 0.177. The predicted octanol–water partition coefficient (Wildman–Crippen LogP) is 4.83. The van der Waals surface area contributed by atoms with Crippen LogP contribution in [0.5, 0.6) is 0 Å². The van der Waals surface area contributed by atoms with Gasteiger partial charge in [0.1, 0.15) is 24.4 Å². The first-order valence-corrected chi connectivity index (χ1v) is 14.9. The summed E-state index contributed by atoms with van der Waals surface area (Å²) in [6.45, 7) is 4.36. The second-order valence-corrected chi connectivity index (χ2v) is 11.9. The zero-order valence-corrected chi connectivity index (χ0v) is 24.7. The summed E-state index contributed by atoms with van der Waals surface area (Å²) in [5.74, 6) is -2.55. The average molecular weight is 583 g/mol. The van der Waals surface area contributed by atoms with Crippen molar-refractivity contribution in [3.05, 3.63) is 102 Å². The van der Waals surface area contributed by atoms with E-state index in [0.29, 0.717) is 11.5 Å². The molecule has 2 aliphatic rings. The van der Waals surface area contributed by atoms with Gasteiger partial charge in [-0.1, -0.05) is 78.9 Å². The number of methoxy groups -OCH3 is 2. The minimum Gasteiger partial charge on any atom is -0.374 e. The molecule has 0 amide bonds. The quantitative estimate of drug-likeness (QED) is 0.318. The first-order chi connectivity index (χ1) is 19.9. The van der Waals surface area contributed by atoms with Crippen LogP contribution in [0.25, 0.3) is 0 Å². The van der Waals surface area contributed by atoms with Crippen LogP contribution >= 0.6 is 0 Å². The molecule has 3 aromatic rings. The van der Waals surface area contributed by atoms with Gasteiger partial charge in [-0.2, -0.15) is 0 Å². The van der Waals surface area contributed by atoms with Gasteiger partial charge in [-0.3, -0.25) is 4.21 Å². The average Bonchev–Trinajstić information content (AvgIpc) is 3.02. The predicted molar refractivity (Wildman–Crippen MR) is 153 cm³/mol. The van der Waals surface area contributed by atoms with Gasteiger partial charge in [0.15, 0.2) is 5.44 Å². The fourth-order valence-corrected chi connectivity index (χ4v) is 6.57. The van der Waals surface area contributed by atoms with Crippen LogP contribution in [0.3, 0.4) is 0 Å². The number of benzene rings is 3. The molecule has 220 valence electrons. The van der Waals surface area contributed by atoms with Crippen LogP contribution in [0.2, 0.25) is 0 Å². The smallest absolute Gasteiger partial charge is 0.220 e. The van der Waals surface area contributed by atoms with Crippen molar-refractivity contribution in [2.75, 3.05) is 20.8 Å². The summed E-state index contributed by atoms with van der Waals surface area (Å²) in [6.07, 6.45) is -2.76. The Hall–Kier alpha value is -2.47. The molecule has 2 aliphatic heterocycles. The Bertz CT molecular complexity index is 1260. The Labute approximate surface area is 244 Å². The summed E-state index contributed by atoms with van der Waals surface area (Å²) in [5, 5.41) is 0. The molecular formula is C32H38O8S. The van der Waals surface area contributed by atoms with Crippen molar-refractivity contribution in [3.8, 4) is 0 Å². The van der Waals surface area contributed by atoms with Crippen molar-refractivity contribution in [1.29, 1.82) is 0 Å². The molecule has 41 heavy (non-hydrogen) atoms. The molecule has 0 saturated carbocycles. The van der Waals surface area contributed by atoms with Crippen molar-refractivity contribution >= 4 is 10.8 Å². The zero-order chi connectivity index (χ0) is 28.9. The van der Waals surface area contributed by atoms with Gasteiger partial charge < -0.3 is 33.2 Å². The molecule has 3 aromatic carbocycles. The van der Waals surface area contributed by atoms with E-state index in [1.807, 2.05) is 91.0 Å². The molecule has 0 N–H and O–H groups in total. The third-order valence-corrected chi connectivity index (χ3v) is 9.32. The molecule has 2 fully saturated rings. The van der Waals surface area contributed by atoms with Crippen LogP contribution in [-0.4, -0.2) is 66.5 Å². The van der Waals surface area contributed by atoms with E-state index < -0.39 is 52.2 Å².